The molecule has 0 bridgehead atoms. The lowest BCUT2D eigenvalue weighted by Crippen LogP contribution is -1.99. The number of nitrogens with one attached hydrogen (secondary N) is 1. The molecule has 0 spiro atoms. The molecule has 1 heterocycles. The summed E-state index contributed by atoms with van der Waals surface area (Å²) in [6.45, 7) is 0. The van der Waals surface area contributed by atoms with E-state index in [1.165, 1.54) is 12.3 Å². The third-order valence-corrected chi connectivity index (χ3v) is 5.40. The predicted molar refractivity (Wildman–Crippen MR) is 127 cm³/mol. The maximum Gasteiger partial charge on any atom is 0.328 e. The molecule has 0 unspecified atom stereocenters. The minimum atomic E-state index is -1.02. The highest BCUT2D eigenvalue weighted by Crippen LogP contribution is 2.37. The Hall–Kier alpha value is -3.70. The Bertz CT molecular complexity index is 1310. The number of allylic oxidation sites excluding steroid dienone is 1. The topological polar surface area (TPSA) is 66.0 Å². The Morgan fingerprint density at radius 3 is 2.47 bits per heavy atom. The van der Waals surface area contributed by atoms with Crippen LogP contribution in [-0.4, -0.2) is 27.2 Å². The Kier molecular flexibility index (Phi) is 6.47. The fourth-order valence-corrected chi connectivity index (χ4v) is 3.93. The lowest BCUT2D eigenvalue weighted by Gasteiger charge is -2.18. The van der Waals surface area contributed by atoms with Gasteiger partial charge in [-0.3, -0.25) is 5.10 Å². The zero-order chi connectivity index (χ0) is 22.5. The van der Waals surface area contributed by atoms with E-state index in [4.69, 9.17) is 16.7 Å². The molecular formula is C26H20ClFN2O2. The van der Waals surface area contributed by atoms with Gasteiger partial charge in [0.05, 0.1) is 17.1 Å². The van der Waals surface area contributed by atoms with Gasteiger partial charge in [-0.25, -0.2) is 9.18 Å². The van der Waals surface area contributed by atoms with Gasteiger partial charge in [0.1, 0.15) is 5.82 Å². The second kappa shape index (κ2) is 9.62. The van der Waals surface area contributed by atoms with Crippen molar-refractivity contribution in [2.45, 2.75) is 6.42 Å². The van der Waals surface area contributed by atoms with Gasteiger partial charge in [-0.05, 0) is 52.5 Å². The largest absolute Gasteiger partial charge is 0.478 e. The monoisotopic (exact) mass is 446 g/mol. The summed E-state index contributed by atoms with van der Waals surface area (Å²) in [5.74, 6) is -0.995. The smallest absolute Gasteiger partial charge is 0.328 e. The number of hydrogen-bond acceptors (Lipinski definition) is 2. The highest BCUT2D eigenvalue weighted by molar-refractivity contribution is 6.18. The predicted octanol–water partition coefficient (Wildman–Crippen LogP) is 6.39. The number of aliphatic carboxylic acids is 1. The molecule has 0 saturated carbocycles. The average Bonchev–Trinajstić information content (AvgIpc) is 3.30. The van der Waals surface area contributed by atoms with Gasteiger partial charge >= 0.3 is 5.97 Å². The van der Waals surface area contributed by atoms with E-state index < -0.39 is 5.97 Å². The van der Waals surface area contributed by atoms with Crippen LogP contribution < -0.4 is 0 Å². The van der Waals surface area contributed by atoms with Crippen molar-refractivity contribution in [3.05, 3.63) is 107 Å². The molecule has 4 aromatic rings. The molecule has 6 heteroatoms. The van der Waals surface area contributed by atoms with E-state index in [0.717, 1.165) is 33.9 Å². The van der Waals surface area contributed by atoms with Crippen LogP contribution in [0.15, 0.2) is 79.0 Å². The van der Waals surface area contributed by atoms with Crippen molar-refractivity contribution >= 4 is 45.7 Å². The SMILES string of the molecule is O=C(O)/C=C/c1ccc(/C(=C(/CCCl)c2ccccc2)c2ccc3[nH]ncc3c2F)cc1. The minimum Gasteiger partial charge on any atom is -0.478 e. The number of nitrogens with zero attached hydrogens (tertiary/aromatic N) is 1. The van der Waals surface area contributed by atoms with Gasteiger partial charge in [-0.2, -0.15) is 5.10 Å². The maximum atomic E-state index is 15.6. The van der Waals surface area contributed by atoms with Gasteiger partial charge in [0.2, 0.25) is 0 Å². The highest BCUT2D eigenvalue weighted by Gasteiger charge is 2.19. The first kappa shape index (κ1) is 21.5. The van der Waals surface area contributed by atoms with Crippen molar-refractivity contribution in [3.63, 3.8) is 0 Å². The van der Waals surface area contributed by atoms with Gasteiger partial charge in [0, 0.05) is 17.5 Å². The van der Waals surface area contributed by atoms with Crippen LogP contribution in [0, 0.1) is 5.82 Å². The molecule has 32 heavy (non-hydrogen) atoms. The van der Waals surface area contributed by atoms with Gasteiger partial charge in [0.25, 0.3) is 0 Å². The van der Waals surface area contributed by atoms with Gasteiger partial charge in [-0.15, -0.1) is 11.6 Å². The molecular weight excluding hydrogens is 427 g/mol. The van der Waals surface area contributed by atoms with E-state index in [2.05, 4.69) is 10.2 Å². The van der Waals surface area contributed by atoms with E-state index in [1.807, 2.05) is 60.7 Å². The summed E-state index contributed by atoms with van der Waals surface area (Å²) in [5, 5.41) is 16.0. The zero-order valence-electron chi connectivity index (χ0n) is 17.1. The van der Waals surface area contributed by atoms with Gasteiger partial charge < -0.3 is 5.11 Å². The number of hydrogen-bond donors (Lipinski definition) is 2. The molecule has 0 atom stereocenters. The number of alkyl halides is 1. The van der Waals surface area contributed by atoms with E-state index in [1.54, 1.807) is 6.07 Å². The van der Waals surface area contributed by atoms with Crippen molar-refractivity contribution in [3.8, 4) is 0 Å². The second-order valence-electron chi connectivity index (χ2n) is 7.21. The van der Waals surface area contributed by atoms with E-state index in [9.17, 15) is 4.79 Å². The van der Waals surface area contributed by atoms with Crippen LogP contribution in [0.2, 0.25) is 0 Å². The van der Waals surface area contributed by atoms with Crippen molar-refractivity contribution < 1.29 is 14.3 Å². The molecule has 0 radical (unpaired) electrons. The van der Waals surface area contributed by atoms with Crippen molar-refractivity contribution in [1.82, 2.24) is 10.2 Å². The summed E-state index contributed by atoms with van der Waals surface area (Å²) < 4.78 is 15.6. The molecule has 0 saturated heterocycles. The second-order valence-corrected chi connectivity index (χ2v) is 7.59. The summed E-state index contributed by atoms with van der Waals surface area (Å²) in [4.78, 5) is 10.8. The summed E-state index contributed by atoms with van der Waals surface area (Å²) in [6, 6.07) is 20.7. The van der Waals surface area contributed by atoms with Gasteiger partial charge in [0.15, 0.2) is 0 Å². The first-order valence-electron chi connectivity index (χ1n) is 10.1. The fourth-order valence-electron chi connectivity index (χ4n) is 3.74. The first-order valence-corrected chi connectivity index (χ1v) is 10.6. The number of carbonyl (C=O) groups is 1. The molecule has 1 aromatic heterocycles. The standard InChI is InChI=1S/C26H20ClFN2O2/c27-15-14-20(18-4-2-1-3-5-18)25(19-9-6-17(7-10-19)8-13-24(31)32)21-11-12-23-22(26(21)28)16-29-30-23/h1-13,16H,14-15H2,(H,29,30)(H,31,32)/b13-8+,25-20+. The summed E-state index contributed by atoms with van der Waals surface area (Å²) in [6.07, 6.45) is 4.63. The molecule has 0 aliphatic rings. The van der Waals surface area contributed by atoms with Crippen molar-refractivity contribution in [2.75, 3.05) is 5.88 Å². The number of carboxylic acids is 1. The molecule has 0 aliphatic carbocycles. The Balaban J connectivity index is 1.96. The number of halogens is 2. The number of carboxylic acid groups (broad SMARTS) is 1. The third kappa shape index (κ3) is 4.48. The number of benzene rings is 3. The number of aromatic amines is 1. The minimum absolute atomic E-state index is 0.357. The quantitative estimate of drug-likeness (QED) is 0.196. The zero-order valence-corrected chi connectivity index (χ0v) is 17.8. The van der Waals surface area contributed by atoms with Crippen LogP contribution in [0.5, 0.6) is 0 Å². The van der Waals surface area contributed by atoms with Gasteiger partial charge in [-0.1, -0.05) is 54.6 Å². The molecule has 0 fully saturated rings. The van der Waals surface area contributed by atoms with E-state index >= 15 is 4.39 Å². The molecule has 160 valence electrons. The Morgan fingerprint density at radius 2 is 1.78 bits per heavy atom. The van der Waals surface area contributed by atoms with E-state index in [-0.39, 0.29) is 5.82 Å². The molecule has 3 aromatic carbocycles. The first-order chi connectivity index (χ1) is 15.6. The van der Waals surface area contributed by atoms with Crippen LogP contribution in [-0.2, 0) is 4.79 Å². The van der Waals surface area contributed by atoms with Crippen LogP contribution >= 0.6 is 11.6 Å². The van der Waals surface area contributed by atoms with Crippen LogP contribution in [0.25, 0.3) is 28.1 Å². The summed E-state index contributed by atoms with van der Waals surface area (Å²) in [7, 11) is 0. The molecule has 0 amide bonds. The highest BCUT2D eigenvalue weighted by atomic mass is 35.5. The van der Waals surface area contributed by atoms with Crippen molar-refractivity contribution in [1.29, 1.82) is 0 Å². The molecule has 0 aliphatic heterocycles. The summed E-state index contributed by atoms with van der Waals surface area (Å²) in [5.41, 5.74) is 5.25. The van der Waals surface area contributed by atoms with Crippen LogP contribution in [0.3, 0.4) is 0 Å². The Morgan fingerprint density at radius 1 is 1.03 bits per heavy atom. The number of rotatable bonds is 7. The third-order valence-electron chi connectivity index (χ3n) is 5.21. The van der Waals surface area contributed by atoms with Crippen molar-refractivity contribution in [2.24, 2.45) is 0 Å². The number of H-pyrrole nitrogens is 1. The fraction of sp³-hybridized carbons (Fsp3) is 0.0769. The molecule has 4 rings (SSSR count). The Labute approximate surface area is 189 Å². The normalized spacial score (nSPS) is 12.3. The van der Waals surface area contributed by atoms with Crippen LogP contribution in [0.1, 0.15) is 28.7 Å². The van der Waals surface area contributed by atoms with Crippen LogP contribution in [0.4, 0.5) is 4.39 Å². The van der Waals surface area contributed by atoms with E-state index in [0.29, 0.717) is 28.8 Å². The lowest BCUT2D eigenvalue weighted by atomic mass is 9.87. The lowest BCUT2D eigenvalue weighted by molar-refractivity contribution is -0.131. The number of fused-ring (bicyclic) bond motifs is 1. The average molecular weight is 447 g/mol. The molecule has 4 nitrogen and oxygen atoms in total. The number of aromatic nitrogens is 2. The summed E-state index contributed by atoms with van der Waals surface area (Å²) >= 11 is 6.17. The molecule has 2 N–H and O–H groups in total. The maximum absolute atomic E-state index is 15.6.